The fraction of sp³-hybridized carbons (Fsp3) is 0.462. The van der Waals surface area contributed by atoms with Gasteiger partial charge in [0, 0.05) is 11.6 Å². The summed E-state index contributed by atoms with van der Waals surface area (Å²) in [5, 5.41) is 0.746. The molecule has 2 nitrogen and oxygen atoms in total. The summed E-state index contributed by atoms with van der Waals surface area (Å²) >= 11 is 12.0. The Morgan fingerprint density at radius 3 is 2.82 bits per heavy atom. The van der Waals surface area contributed by atoms with Crippen LogP contribution >= 0.6 is 23.2 Å². The van der Waals surface area contributed by atoms with Gasteiger partial charge in [0.25, 0.3) is 0 Å². The fourth-order valence-electron chi connectivity index (χ4n) is 2.02. The summed E-state index contributed by atoms with van der Waals surface area (Å²) in [6.07, 6.45) is 3.59. The summed E-state index contributed by atoms with van der Waals surface area (Å²) in [6, 6.07) is 5.78. The molecule has 0 aliphatic heterocycles. The van der Waals surface area contributed by atoms with Gasteiger partial charge >= 0.3 is 0 Å². The van der Waals surface area contributed by atoms with E-state index >= 15 is 0 Å². The van der Waals surface area contributed by atoms with Gasteiger partial charge in [-0.05, 0) is 24.6 Å². The molecule has 0 bridgehead atoms. The molecule has 2 aromatic rings. The van der Waals surface area contributed by atoms with Crippen LogP contribution in [0.3, 0.4) is 0 Å². The number of nitrogens with zero attached hydrogens (tertiary/aromatic N) is 2. The van der Waals surface area contributed by atoms with Crippen LogP contribution in [-0.4, -0.2) is 9.55 Å². The van der Waals surface area contributed by atoms with Gasteiger partial charge in [0.1, 0.15) is 5.82 Å². The van der Waals surface area contributed by atoms with Gasteiger partial charge in [0.15, 0.2) is 0 Å². The van der Waals surface area contributed by atoms with E-state index in [0.717, 1.165) is 34.8 Å². The van der Waals surface area contributed by atoms with E-state index in [-0.39, 0.29) is 0 Å². The number of fused-ring (bicyclic) bond motifs is 1. The zero-order valence-corrected chi connectivity index (χ0v) is 11.4. The lowest BCUT2D eigenvalue weighted by Gasteiger charge is -2.07. The number of aryl methyl sites for hydroxylation is 1. The minimum Gasteiger partial charge on any atom is -0.327 e. The molecule has 0 saturated heterocycles. The third-order valence-corrected chi connectivity index (χ3v) is 3.37. The summed E-state index contributed by atoms with van der Waals surface area (Å²) in [4.78, 5) is 4.52. The number of alkyl halides is 1. The zero-order valence-electron chi connectivity index (χ0n) is 9.92. The highest BCUT2D eigenvalue weighted by molar-refractivity contribution is 6.31. The van der Waals surface area contributed by atoms with Crippen LogP contribution in [0.2, 0.25) is 5.02 Å². The first-order valence-electron chi connectivity index (χ1n) is 5.97. The Balaban J connectivity index is 2.38. The van der Waals surface area contributed by atoms with Crippen LogP contribution in [0, 0.1) is 0 Å². The molecule has 1 aromatic carbocycles. The highest BCUT2D eigenvalue weighted by atomic mass is 35.5. The van der Waals surface area contributed by atoms with Crippen molar-refractivity contribution >= 4 is 34.2 Å². The first kappa shape index (κ1) is 12.7. The Labute approximate surface area is 112 Å². The average Bonchev–Trinajstić information content (AvgIpc) is 2.67. The second-order valence-corrected chi connectivity index (χ2v) is 4.86. The van der Waals surface area contributed by atoms with Crippen LogP contribution in [0.25, 0.3) is 11.0 Å². The molecular weight excluding hydrogens is 255 g/mol. The molecule has 1 heterocycles. The molecule has 0 saturated carbocycles. The molecule has 0 spiro atoms. The van der Waals surface area contributed by atoms with Crippen molar-refractivity contribution in [2.45, 2.75) is 38.6 Å². The van der Waals surface area contributed by atoms with Crippen molar-refractivity contribution < 1.29 is 0 Å². The lowest BCUT2D eigenvalue weighted by molar-refractivity contribution is 0.600. The molecular formula is C13H16Cl2N2. The quantitative estimate of drug-likeness (QED) is 0.573. The largest absolute Gasteiger partial charge is 0.327 e. The Morgan fingerprint density at radius 2 is 2.12 bits per heavy atom. The van der Waals surface area contributed by atoms with Gasteiger partial charge in [0.2, 0.25) is 0 Å². The van der Waals surface area contributed by atoms with Crippen LogP contribution in [0.4, 0.5) is 0 Å². The van der Waals surface area contributed by atoms with Crippen molar-refractivity contribution in [3.63, 3.8) is 0 Å². The van der Waals surface area contributed by atoms with Crippen molar-refractivity contribution in [3.8, 4) is 0 Å². The maximum absolute atomic E-state index is 6.03. The van der Waals surface area contributed by atoms with Gasteiger partial charge in [-0.15, -0.1) is 11.6 Å². The minimum absolute atomic E-state index is 0.443. The summed E-state index contributed by atoms with van der Waals surface area (Å²) < 4.78 is 2.18. The van der Waals surface area contributed by atoms with E-state index in [9.17, 15) is 0 Å². The van der Waals surface area contributed by atoms with E-state index in [1.54, 1.807) is 0 Å². The van der Waals surface area contributed by atoms with Crippen molar-refractivity contribution in [2.75, 3.05) is 0 Å². The summed E-state index contributed by atoms with van der Waals surface area (Å²) in [5.74, 6) is 1.37. The SMILES string of the molecule is CCCCCn1c(CCl)nc2ccc(Cl)cc21. The molecule has 0 fully saturated rings. The Kier molecular flexibility index (Phi) is 4.30. The van der Waals surface area contributed by atoms with Gasteiger partial charge in [-0.3, -0.25) is 0 Å². The van der Waals surface area contributed by atoms with Gasteiger partial charge < -0.3 is 4.57 Å². The number of hydrogen-bond donors (Lipinski definition) is 0. The molecule has 0 aliphatic carbocycles. The molecule has 1 aromatic heterocycles. The van der Waals surface area contributed by atoms with E-state index in [1.165, 1.54) is 12.8 Å². The number of halogens is 2. The van der Waals surface area contributed by atoms with Crippen LogP contribution in [-0.2, 0) is 12.4 Å². The predicted molar refractivity (Wildman–Crippen MR) is 73.8 cm³/mol. The van der Waals surface area contributed by atoms with Crippen molar-refractivity contribution in [3.05, 3.63) is 29.0 Å². The number of aromatic nitrogens is 2. The molecule has 0 aliphatic rings. The highest BCUT2D eigenvalue weighted by Crippen LogP contribution is 2.22. The normalized spacial score (nSPS) is 11.2. The van der Waals surface area contributed by atoms with Gasteiger partial charge in [-0.25, -0.2) is 4.98 Å². The smallest absolute Gasteiger partial charge is 0.124 e. The molecule has 92 valence electrons. The molecule has 0 N–H and O–H groups in total. The zero-order chi connectivity index (χ0) is 12.3. The van der Waals surface area contributed by atoms with E-state index in [4.69, 9.17) is 23.2 Å². The number of hydrogen-bond acceptors (Lipinski definition) is 1. The molecule has 2 rings (SSSR count). The minimum atomic E-state index is 0.443. The maximum Gasteiger partial charge on any atom is 0.124 e. The first-order chi connectivity index (χ1) is 8.26. The van der Waals surface area contributed by atoms with Crippen LogP contribution in [0.1, 0.15) is 32.0 Å². The second kappa shape index (κ2) is 5.74. The van der Waals surface area contributed by atoms with Crippen LogP contribution in [0.15, 0.2) is 18.2 Å². The monoisotopic (exact) mass is 270 g/mol. The number of benzene rings is 1. The van der Waals surface area contributed by atoms with E-state index < -0.39 is 0 Å². The van der Waals surface area contributed by atoms with E-state index in [1.807, 2.05) is 18.2 Å². The second-order valence-electron chi connectivity index (χ2n) is 4.15. The average molecular weight is 271 g/mol. The topological polar surface area (TPSA) is 17.8 Å². The number of imidazole rings is 1. The van der Waals surface area contributed by atoms with Gasteiger partial charge in [-0.1, -0.05) is 31.4 Å². The highest BCUT2D eigenvalue weighted by Gasteiger charge is 2.09. The van der Waals surface area contributed by atoms with Crippen LogP contribution in [0.5, 0.6) is 0 Å². The van der Waals surface area contributed by atoms with E-state index in [2.05, 4.69) is 16.5 Å². The van der Waals surface area contributed by atoms with Crippen molar-refractivity contribution in [1.29, 1.82) is 0 Å². The Hall–Kier alpha value is -0.730. The molecule has 4 heteroatoms. The third-order valence-electron chi connectivity index (χ3n) is 2.89. The molecule has 0 atom stereocenters. The summed E-state index contributed by atoms with van der Waals surface area (Å²) in [7, 11) is 0. The number of unbranched alkanes of at least 4 members (excludes halogenated alkanes) is 2. The standard InChI is InChI=1S/C13H16Cl2N2/c1-2-3-4-7-17-12-8-10(15)5-6-11(12)16-13(17)9-14/h5-6,8H,2-4,7,9H2,1H3. The van der Waals surface area contributed by atoms with E-state index in [0.29, 0.717) is 5.88 Å². The molecule has 17 heavy (non-hydrogen) atoms. The molecule has 0 amide bonds. The first-order valence-corrected chi connectivity index (χ1v) is 6.88. The lowest BCUT2D eigenvalue weighted by atomic mass is 10.2. The van der Waals surface area contributed by atoms with Gasteiger partial charge in [-0.2, -0.15) is 0 Å². The molecule has 0 radical (unpaired) electrons. The summed E-state index contributed by atoms with van der Waals surface area (Å²) in [5.41, 5.74) is 2.06. The van der Waals surface area contributed by atoms with Crippen molar-refractivity contribution in [2.24, 2.45) is 0 Å². The number of rotatable bonds is 5. The Morgan fingerprint density at radius 1 is 1.29 bits per heavy atom. The fourth-order valence-corrected chi connectivity index (χ4v) is 2.39. The van der Waals surface area contributed by atoms with Gasteiger partial charge in [0.05, 0.1) is 16.9 Å². The third kappa shape index (κ3) is 2.75. The lowest BCUT2D eigenvalue weighted by Crippen LogP contribution is -2.02. The summed E-state index contributed by atoms with van der Waals surface area (Å²) in [6.45, 7) is 3.16. The molecule has 0 unspecified atom stereocenters. The predicted octanol–water partition coefficient (Wildman–Crippen LogP) is 4.62. The van der Waals surface area contributed by atoms with Crippen LogP contribution < -0.4 is 0 Å². The van der Waals surface area contributed by atoms with Crippen molar-refractivity contribution in [1.82, 2.24) is 9.55 Å². The maximum atomic E-state index is 6.03. The Bertz CT molecular complexity index is 505.